The second-order valence-corrected chi connectivity index (χ2v) is 9.37. The van der Waals surface area contributed by atoms with E-state index in [4.69, 9.17) is 24.1 Å². The number of amides is 2. The number of hydrogen-bond donors (Lipinski definition) is 3. The molecule has 5 atom stereocenters. The summed E-state index contributed by atoms with van der Waals surface area (Å²) < 4.78 is 20.2. The maximum Gasteiger partial charge on any atom is 0.407 e. The molecule has 2 amide bonds. The van der Waals surface area contributed by atoms with Crippen LogP contribution in [-0.2, 0) is 23.7 Å². The van der Waals surface area contributed by atoms with Crippen LogP contribution in [-0.4, -0.2) is 69.1 Å². The SMILES string of the molecule is C=CC(=O)OCCCCOC(=O)NCCC1CC2C[C@@H]1CC2CNC(=O)OCCCCOC(C)O. The molecule has 0 aromatic carbocycles. The molecule has 0 saturated heterocycles. The molecule has 0 aliphatic heterocycles. The summed E-state index contributed by atoms with van der Waals surface area (Å²) in [6.45, 7) is 7.51. The standard InChI is InChI=1S/C25H42N2O8/c1-3-23(29)33-11-5-7-12-34-24(30)26-9-8-19-14-21-15-20(19)16-22(21)17-27-25(31)35-13-6-4-10-32-18(2)28/h3,18-22,28H,1,4-17H2,2H3,(H,26,30)(H,27,31)/t18?,19?,20-,21?,22?/m1/s1. The Hall–Kier alpha value is -2.33. The molecule has 0 spiro atoms. The molecular weight excluding hydrogens is 456 g/mol. The first kappa shape index (κ1) is 28.9. The van der Waals surface area contributed by atoms with Gasteiger partial charge in [0, 0.05) is 25.8 Å². The Morgan fingerprint density at radius 2 is 1.46 bits per heavy atom. The number of aliphatic hydroxyl groups is 1. The number of fused-ring (bicyclic) bond motifs is 2. The van der Waals surface area contributed by atoms with Gasteiger partial charge in [0.05, 0.1) is 19.8 Å². The van der Waals surface area contributed by atoms with Crippen LogP contribution in [0.3, 0.4) is 0 Å². The molecule has 2 fully saturated rings. The molecule has 10 nitrogen and oxygen atoms in total. The Labute approximate surface area is 208 Å². The molecule has 2 rings (SSSR count). The average Bonchev–Trinajstić information content (AvgIpc) is 3.42. The highest BCUT2D eigenvalue weighted by Crippen LogP contribution is 2.52. The average molecular weight is 499 g/mol. The van der Waals surface area contributed by atoms with Crippen LogP contribution >= 0.6 is 0 Å². The zero-order chi connectivity index (χ0) is 25.5. The summed E-state index contributed by atoms with van der Waals surface area (Å²) in [4.78, 5) is 34.6. The van der Waals surface area contributed by atoms with Crippen molar-refractivity contribution in [1.82, 2.24) is 10.6 Å². The van der Waals surface area contributed by atoms with Crippen molar-refractivity contribution < 1.29 is 38.4 Å². The van der Waals surface area contributed by atoms with E-state index in [9.17, 15) is 14.4 Å². The number of hydrogen-bond acceptors (Lipinski definition) is 8. The van der Waals surface area contributed by atoms with Crippen LogP contribution in [0.5, 0.6) is 0 Å². The van der Waals surface area contributed by atoms with Crippen LogP contribution in [0.25, 0.3) is 0 Å². The minimum absolute atomic E-state index is 0.291. The number of rotatable bonds is 17. The minimum atomic E-state index is -0.766. The number of carbonyl (C=O) groups excluding carboxylic acids is 3. The number of aliphatic hydroxyl groups excluding tert-OH is 1. The molecular formula is C25H42N2O8. The summed E-state index contributed by atoms with van der Waals surface area (Å²) >= 11 is 0. The quantitative estimate of drug-likeness (QED) is 0.0916. The normalized spacial score (nSPS) is 23.4. The third-order valence-corrected chi connectivity index (χ3v) is 6.76. The van der Waals surface area contributed by atoms with E-state index < -0.39 is 18.4 Å². The Morgan fingerprint density at radius 1 is 0.886 bits per heavy atom. The van der Waals surface area contributed by atoms with Gasteiger partial charge in [0.1, 0.15) is 0 Å². The minimum Gasteiger partial charge on any atom is -0.463 e. The van der Waals surface area contributed by atoms with Gasteiger partial charge in [-0.2, -0.15) is 0 Å². The van der Waals surface area contributed by atoms with Gasteiger partial charge in [0.15, 0.2) is 6.29 Å². The molecule has 3 N–H and O–H groups in total. The van der Waals surface area contributed by atoms with Crippen molar-refractivity contribution in [2.45, 2.75) is 64.6 Å². The third kappa shape index (κ3) is 11.8. The van der Waals surface area contributed by atoms with E-state index in [0.717, 1.165) is 31.8 Å². The number of alkyl carbamates (subject to hydrolysis) is 2. The maximum atomic E-state index is 11.9. The van der Waals surface area contributed by atoms with Crippen molar-refractivity contribution >= 4 is 18.2 Å². The van der Waals surface area contributed by atoms with Gasteiger partial charge in [0.2, 0.25) is 0 Å². The number of unbranched alkanes of at least 4 members (excludes halogenated alkanes) is 2. The van der Waals surface area contributed by atoms with Crippen LogP contribution in [0.4, 0.5) is 9.59 Å². The van der Waals surface area contributed by atoms with E-state index in [-0.39, 0.29) is 6.09 Å². The number of carbonyl (C=O) groups is 3. The Morgan fingerprint density at radius 3 is 2.06 bits per heavy atom. The smallest absolute Gasteiger partial charge is 0.407 e. The maximum absolute atomic E-state index is 11.9. The first-order valence-electron chi connectivity index (χ1n) is 12.8. The van der Waals surface area contributed by atoms with E-state index in [0.29, 0.717) is 82.5 Å². The summed E-state index contributed by atoms with van der Waals surface area (Å²) in [6.07, 6.45) is 6.63. The highest BCUT2D eigenvalue weighted by atomic mass is 16.6. The Kier molecular flexibility index (Phi) is 13.5. The molecule has 2 aliphatic rings. The predicted octanol–water partition coefficient (Wildman–Crippen LogP) is 3.14. The van der Waals surface area contributed by atoms with Crippen LogP contribution in [0.2, 0.25) is 0 Å². The zero-order valence-corrected chi connectivity index (χ0v) is 20.9. The van der Waals surface area contributed by atoms with E-state index in [1.807, 2.05) is 0 Å². The van der Waals surface area contributed by atoms with Crippen LogP contribution in [0.1, 0.15) is 58.3 Å². The molecule has 200 valence electrons. The molecule has 0 aromatic rings. The monoisotopic (exact) mass is 498 g/mol. The fraction of sp³-hybridized carbons (Fsp3) is 0.800. The molecule has 2 saturated carbocycles. The van der Waals surface area contributed by atoms with Gasteiger partial charge in [-0.3, -0.25) is 0 Å². The Bertz CT molecular complexity index is 672. The summed E-state index contributed by atoms with van der Waals surface area (Å²) in [5.74, 6) is 1.91. The van der Waals surface area contributed by atoms with E-state index in [1.54, 1.807) is 6.92 Å². The van der Waals surface area contributed by atoms with Crippen LogP contribution < -0.4 is 10.6 Å². The largest absolute Gasteiger partial charge is 0.463 e. The molecule has 2 bridgehead atoms. The summed E-state index contributed by atoms with van der Waals surface area (Å²) in [7, 11) is 0. The van der Waals surface area contributed by atoms with Gasteiger partial charge in [-0.1, -0.05) is 6.58 Å². The first-order chi connectivity index (χ1) is 16.9. The predicted molar refractivity (Wildman–Crippen MR) is 128 cm³/mol. The number of esters is 1. The van der Waals surface area contributed by atoms with Gasteiger partial charge in [0.25, 0.3) is 0 Å². The lowest BCUT2D eigenvalue weighted by molar-refractivity contribution is -0.137. The number of ether oxygens (including phenoxy) is 4. The van der Waals surface area contributed by atoms with Crippen molar-refractivity contribution in [3.8, 4) is 0 Å². The highest BCUT2D eigenvalue weighted by molar-refractivity contribution is 5.81. The fourth-order valence-corrected chi connectivity index (χ4v) is 5.02. The molecule has 2 aliphatic carbocycles. The molecule has 35 heavy (non-hydrogen) atoms. The zero-order valence-electron chi connectivity index (χ0n) is 20.9. The first-order valence-corrected chi connectivity index (χ1v) is 12.8. The molecule has 0 heterocycles. The summed E-state index contributed by atoms with van der Waals surface area (Å²) in [5, 5.41) is 14.7. The topological polar surface area (TPSA) is 132 Å². The van der Waals surface area contributed by atoms with Crippen molar-refractivity contribution in [3.05, 3.63) is 12.7 Å². The lowest BCUT2D eigenvalue weighted by atomic mass is 9.80. The lowest BCUT2D eigenvalue weighted by Gasteiger charge is -2.28. The second kappa shape index (κ2) is 16.4. The van der Waals surface area contributed by atoms with Crippen LogP contribution in [0.15, 0.2) is 12.7 Å². The van der Waals surface area contributed by atoms with Gasteiger partial charge in [-0.25, -0.2) is 14.4 Å². The van der Waals surface area contributed by atoms with Crippen LogP contribution in [0, 0.1) is 23.7 Å². The molecule has 0 radical (unpaired) electrons. The number of nitrogens with one attached hydrogen (secondary N) is 2. The molecule has 4 unspecified atom stereocenters. The molecule has 10 heteroatoms. The lowest BCUT2D eigenvalue weighted by Crippen LogP contribution is -2.34. The van der Waals surface area contributed by atoms with Gasteiger partial charge in [-0.05, 0) is 82.0 Å². The van der Waals surface area contributed by atoms with Gasteiger partial charge in [-0.15, -0.1) is 0 Å². The summed E-state index contributed by atoms with van der Waals surface area (Å²) in [5.41, 5.74) is 0. The van der Waals surface area contributed by atoms with Crippen molar-refractivity contribution in [3.63, 3.8) is 0 Å². The highest BCUT2D eigenvalue weighted by Gasteiger charge is 2.45. The van der Waals surface area contributed by atoms with Crippen molar-refractivity contribution in [1.29, 1.82) is 0 Å². The van der Waals surface area contributed by atoms with Crippen molar-refractivity contribution in [2.75, 3.05) is 39.5 Å². The van der Waals surface area contributed by atoms with E-state index in [1.165, 1.54) is 6.42 Å². The van der Waals surface area contributed by atoms with Crippen molar-refractivity contribution in [2.24, 2.45) is 23.7 Å². The van der Waals surface area contributed by atoms with Gasteiger partial charge < -0.3 is 34.7 Å². The Balaban J connectivity index is 1.45. The fourth-order valence-electron chi connectivity index (χ4n) is 5.02. The summed E-state index contributed by atoms with van der Waals surface area (Å²) in [6, 6.07) is 0. The third-order valence-electron chi connectivity index (χ3n) is 6.76. The van der Waals surface area contributed by atoms with E-state index >= 15 is 0 Å². The molecule has 0 aromatic heterocycles. The second-order valence-electron chi connectivity index (χ2n) is 9.37. The van der Waals surface area contributed by atoms with E-state index in [2.05, 4.69) is 17.2 Å². The van der Waals surface area contributed by atoms with Gasteiger partial charge >= 0.3 is 18.2 Å².